The Morgan fingerprint density at radius 3 is 2.70 bits per heavy atom. The third kappa shape index (κ3) is 5.07. The van der Waals surface area contributed by atoms with Gasteiger partial charge in [-0.3, -0.25) is 9.78 Å². The molecule has 0 spiro atoms. The minimum absolute atomic E-state index is 0.175. The van der Waals surface area contributed by atoms with Gasteiger partial charge in [-0.15, -0.1) is 0 Å². The number of amides is 1. The topological polar surface area (TPSA) is 77.0 Å². The van der Waals surface area contributed by atoms with Crippen molar-refractivity contribution in [3.8, 4) is 10.9 Å². The molecule has 4 rings (SSSR count). The minimum Gasteiger partial charge on any atom is -0.430 e. The molecule has 0 aliphatic rings. The van der Waals surface area contributed by atoms with Crippen LogP contribution in [0.5, 0.6) is 10.9 Å². The number of pyridine rings is 1. The Bertz CT molecular complexity index is 1130. The van der Waals surface area contributed by atoms with Crippen LogP contribution in [0.2, 0.25) is 0 Å². The van der Waals surface area contributed by atoms with E-state index >= 15 is 0 Å². The first-order valence-corrected chi connectivity index (χ1v) is 10.3. The molecule has 1 N–H and O–H groups in total. The zero-order valence-corrected chi connectivity index (χ0v) is 17.2. The van der Waals surface area contributed by atoms with Crippen LogP contribution >= 0.6 is 11.5 Å². The highest BCUT2D eigenvalue weighted by Crippen LogP contribution is 2.28. The van der Waals surface area contributed by atoms with Crippen LogP contribution in [0.4, 0.5) is 0 Å². The van der Waals surface area contributed by atoms with Crippen molar-refractivity contribution in [1.29, 1.82) is 0 Å². The Labute approximate surface area is 178 Å². The van der Waals surface area contributed by atoms with Crippen LogP contribution in [-0.2, 0) is 13.0 Å². The molecule has 30 heavy (non-hydrogen) atoms. The Hall–Kier alpha value is -3.58. The summed E-state index contributed by atoms with van der Waals surface area (Å²) >= 11 is 1.20. The second kappa shape index (κ2) is 9.28. The van der Waals surface area contributed by atoms with Crippen molar-refractivity contribution in [2.75, 3.05) is 0 Å². The lowest BCUT2D eigenvalue weighted by Gasteiger charge is -2.09. The van der Waals surface area contributed by atoms with Crippen molar-refractivity contribution in [1.82, 2.24) is 19.7 Å². The van der Waals surface area contributed by atoms with Crippen molar-refractivity contribution in [3.05, 3.63) is 101 Å². The lowest BCUT2D eigenvalue weighted by molar-refractivity contribution is 0.0950. The summed E-state index contributed by atoms with van der Waals surface area (Å²) in [7, 11) is 0. The average molecular weight is 417 g/mol. The van der Waals surface area contributed by atoms with Crippen molar-refractivity contribution >= 4 is 17.4 Å². The molecular formula is C23H20N4O2S. The van der Waals surface area contributed by atoms with Gasteiger partial charge in [0, 0.05) is 42.5 Å². The normalized spacial score (nSPS) is 10.6. The number of aryl methyl sites for hydroxylation is 1. The van der Waals surface area contributed by atoms with Gasteiger partial charge in [-0.2, -0.15) is 9.36 Å². The first-order chi connectivity index (χ1) is 14.7. The summed E-state index contributed by atoms with van der Waals surface area (Å²) in [6, 6.07) is 19.2. The van der Waals surface area contributed by atoms with E-state index in [4.69, 9.17) is 4.74 Å². The van der Waals surface area contributed by atoms with E-state index in [0.717, 1.165) is 16.7 Å². The molecule has 0 aliphatic heterocycles. The van der Waals surface area contributed by atoms with Crippen molar-refractivity contribution in [2.24, 2.45) is 0 Å². The van der Waals surface area contributed by atoms with Gasteiger partial charge in [-0.05, 0) is 41.8 Å². The Kier molecular flexibility index (Phi) is 6.10. The van der Waals surface area contributed by atoms with E-state index in [1.165, 1.54) is 11.5 Å². The molecule has 0 radical (unpaired) electrons. The van der Waals surface area contributed by atoms with Crippen LogP contribution in [0.1, 0.15) is 32.9 Å². The van der Waals surface area contributed by atoms with Crippen molar-refractivity contribution < 1.29 is 9.53 Å². The fraction of sp³-hybridized carbons (Fsp3) is 0.130. The maximum Gasteiger partial charge on any atom is 0.298 e. The Balaban J connectivity index is 1.42. The number of carbonyl (C=O) groups excluding carboxylic acids is 1. The number of carbonyl (C=O) groups is 1. The maximum atomic E-state index is 12.5. The number of hydrogen-bond donors (Lipinski definition) is 1. The van der Waals surface area contributed by atoms with Crippen LogP contribution in [0.25, 0.3) is 0 Å². The molecule has 6 nitrogen and oxygen atoms in total. The zero-order chi connectivity index (χ0) is 20.8. The minimum atomic E-state index is -0.175. The largest absolute Gasteiger partial charge is 0.430 e. The van der Waals surface area contributed by atoms with Gasteiger partial charge in [0.2, 0.25) is 0 Å². The van der Waals surface area contributed by atoms with Gasteiger partial charge in [-0.25, -0.2) is 0 Å². The standard InChI is InChI=1S/C23H20N4O2S/c1-16-9-10-19(22(28)25-15-18-8-5-11-24-14-18)13-20(16)29-23-26-21(27-30-23)12-17-6-3-2-4-7-17/h2-11,13-14H,12,15H2,1H3,(H,25,28). The number of nitrogens with one attached hydrogen (secondary N) is 1. The lowest BCUT2D eigenvalue weighted by Crippen LogP contribution is -2.22. The highest BCUT2D eigenvalue weighted by molar-refractivity contribution is 7.07. The van der Waals surface area contributed by atoms with Crippen LogP contribution < -0.4 is 10.1 Å². The zero-order valence-electron chi connectivity index (χ0n) is 16.4. The summed E-state index contributed by atoms with van der Waals surface area (Å²) in [6.07, 6.45) is 4.08. The first-order valence-electron chi connectivity index (χ1n) is 9.49. The van der Waals surface area contributed by atoms with E-state index in [1.54, 1.807) is 24.5 Å². The number of benzene rings is 2. The van der Waals surface area contributed by atoms with Gasteiger partial charge in [0.15, 0.2) is 5.82 Å². The third-order valence-corrected chi connectivity index (χ3v) is 5.11. The second-order valence-electron chi connectivity index (χ2n) is 6.77. The number of nitrogens with zero attached hydrogens (tertiary/aromatic N) is 3. The second-order valence-corrected chi connectivity index (χ2v) is 7.48. The van der Waals surface area contributed by atoms with Crippen LogP contribution in [0.3, 0.4) is 0 Å². The third-order valence-electron chi connectivity index (χ3n) is 4.48. The van der Waals surface area contributed by atoms with Gasteiger partial charge >= 0.3 is 0 Å². The van der Waals surface area contributed by atoms with E-state index in [1.807, 2.05) is 55.5 Å². The van der Waals surface area contributed by atoms with Crippen LogP contribution in [0.15, 0.2) is 73.1 Å². The predicted molar refractivity (Wildman–Crippen MR) is 116 cm³/mol. The van der Waals surface area contributed by atoms with E-state index in [9.17, 15) is 4.79 Å². The van der Waals surface area contributed by atoms with Gasteiger partial charge in [0.25, 0.3) is 11.1 Å². The van der Waals surface area contributed by atoms with Crippen LogP contribution in [0, 0.1) is 6.92 Å². The summed E-state index contributed by atoms with van der Waals surface area (Å²) in [5.74, 6) is 1.13. The molecule has 0 fully saturated rings. The molecule has 0 saturated heterocycles. The molecule has 0 atom stereocenters. The average Bonchev–Trinajstić information content (AvgIpc) is 3.21. The number of hydrogen-bond acceptors (Lipinski definition) is 6. The fourth-order valence-electron chi connectivity index (χ4n) is 2.86. The molecule has 0 bridgehead atoms. The van der Waals surface area contributed by atoms with Crippen molar-refractivity contribution in [3.63, 3.8) is 0 Å². The monoisotopic (exact) mass is 416 g/mol. The molecule has 150 valence electrons. The molecule has 2 aromatic heterocycles. The quantitative estimate of drug-likeness (QED) is 0.478. The molecule has 4 aromatic rings. The van der Waals surface area contributed by atoms with E-state index in [-0.39, 0.29) is 5.91 Å². The first kappa shape index (κ1) is 19.7. The molecule has 7 heteroatoms. The molecule has 2 heterocycles. The number of aromatic nitrogens is 3. The number of ether oxygens (including phenoxy) is 1. The van der Waals surface area contributed by atoms with Gasteiger partial charge in [0.05, 0.1) is 0 Å². The summed E-state index contributed by atoms with van der Waals surface area (Å²) in [5, 5.41) is 3.35. The number of rotatable bonds is 7. The summed E-state index contributed by atoms with van der Waals surface area (Å²) in [4.78, 5) is 21.1. The molecule has 0 unspecified atom stereocenters. The smallest absolute Gasteiger partial charge is 0.298 e. The maximum absolute atomic E-state index is 12.5. The van der Waals surface area contributed by atoms with Gasteiger partial charge < -0.3 is 10.1 Å². The molecule has 2 aromatic carbocycles. The highest BCUT2D eigenvalue weighted by atomic mass is 32.1. The van der Waals surface area contributed by atoms with E-state index in [0.29, 0.717) is 35.3 Å². The molecule has 0 saturated carbocycles. The van der Waals surface area contributed by atoms with Crippen LogP contribution in [-0.4, -0.2) is 20.2 Å². The van der Waals surface area contributed by atoms with Gasteiger partial charge in [-0.1, -0.05) is 42.5 Å². The van der Waals surface area contributed by atoms with E-state index < -0.39 is 0 Å². The Morgan fingerprint density at radius 1 is 1.07 bits per heavy atom. The van der Waals surface area contributed by atoms with Crippen molar-refractivity contribution in [2.45, 2.75) is 19.9 Å². The predicted octanol–water partition coefficient (Wildman–Crippen LogP) is 4.55. The lowest BCUT2D eigenvalue weighted by atomic mass is 10.1. The molecular weight excluding hydrogens is 396 g/mol. The summed E-state index contributed by atoms with van der Waals surface area (Å²) < 4.78 is 10.3. The summed E-state index contributed by atoms with van der Waals surface area (Å²) in [6.45, 7) is 2.34. The fourth-order valence-corrected chi connectivity index (χ4v) is 3.42. The Morgan fingerprint density at radius 2 is 1.90 bits per heavy atom. The molecule has 1 amide bonds. The molecule has 0 aliphatic carbocycles. The van der Waals surface area contributed by atoms with Gasteiger partial charge in [0.1, 0.15) is 5.75 Å². The van der Waals surface area contributed by atoms with E-state index in [2.05, 4.69) is 19.7 Å². The highest BCUT2D eigenvalue weighted by Gasteiger charge is 2.12. The summed E-state index contributed by atoms with van der Waals surface area (Å²) in [5.41, 5.74) is 3.52. The SMILES string of the molecule is Cc1ccc(C(=O)NCc2cccnc2)cc1Oc1nc(Cc2ccccc2)ns1.